The Hall–Kier alpha value is -2.50. The van der Waals surface area contributed by atoms with Gasteiger partial charge in [0.15, 0.2) is 0 Å². The van der Waals surface area contributed by atoms with Crippen molar-refractivity contribution in [3.8, 4) is 11.5 Å². The van der Waals surface area contributed by atoms with Gasteiger partial charge in [0.1, 0.15) is 17.6 Å². The number of amides is 2. The van der Waals surface area contributed by atoms with Crippen LogP contribution in [0.2, 0.25) is 0 Å². The predicted octanol–water partition coefficient (Wildman–Crippen LogP) is 2.06. The van der Waals surface area contributed by atoms with Crippen LogP contribution < -0.4 is 20.1 Å². The van der Waals surface area contributed by atoms with Crippen LogP contribution in [0.4, 0.5) is 0 Å². The fourth-order valence-corrected chi connectivity index (χ4v) is 2.63. The lowest BCUT2D eigenvalue weighted by Gasteiger charge is -2.10. The minimum atomic E-state index is -0.337. The van der Waals surface area contributed by atoms with Crippen molar-refractivity contribution in [3.63, 3.8) is 0 Å². The lowest BCUT2D eigenvalue weighted by Crippen LogP contribution is -2.39. The smallest absolute Gasteiger partial charge is 0.244 e. The maximum absolute atomic E-state index is 11.9. The number of carbonyl (C=O) groups is 2. The Morgan fingerprint density at radius 3 is 2.84 bits per heavy atom. The molecule has 0 radical (unpaired) electrons. The van der Waals surface area contributed by atoms with E-state index in [2.05, 4.69) is 10.6 Å². The van der Waals surface area contributed by atoms with E-state index in [0.29, 0.717) is 6.61 Å². The second-order valence-electron chi connectivity index (χ2n) is 6.34. The van der Waals surface area contributed by atoms with Gasteiger partial charge < -0.3 is 20.1 Å². The molecule has 0 aliphatic carbocycles. The Labute approximate surface area is 148 Å². The summed E-state index contributed by atoms with van der Waals surface area (Å²) in [6.45, 7) is 8.16. The van der Waals surface area contributed by atoms with E-state index >= 15 is 0 Å². The van der Waals surface area contributed by atoms with Crippen molar-refractivity contribution in [2.45, 2.75) is 46.3 Å². The Morgan fingerprint density at radius 1 is 1.40 bits per heavy atom. The van der Waals surface area contributed by atoms with Gasteiger partial charge in [0.05, 0.1) is 13.2 Å². The van der Waals surface area contributed by atoms with Gasteiger partial charge in [-0.3, -0.25) is 9.59 Å². The second kappa shape index (κ2) is 8.55. The molecule has 0 saturated heterocycles. The lowest BCUT2D eigenvalue weighted by atomic mass is 10.1. The van der Waals surface area contributed by atoms with Gasteiger partial charge in [-0.15, -0.1) is 0 Å². The number of ether oxygens (including phenoxy) is 2. The van der Waals surface area contributed by atoms with Crippen LogP contribution in [0, 0.1) is 0 Å². The van der Waals surface area contributed by atoms with Gasteiger partial charge in [0.25, 0.3) is 0 Å². The fraction of sp³-hybridized carbons (Fsp3) is 0.474. The zero-order valence-corrected chi connectivity index (χ0v) is 15.2. The van der Waals surface area contributed by atoms with Gasteiger partial charge in [-0.1, -0.05) is 0 Å². The van der Waals surface area contributed by atoms with Gasteiger partial charge in [0, 0.05) is 29.7 Å². The molecule has 136 valence electrons. The van der Waals surface area contributed by atoms with Crippen LogP contribution >= 0.6 is 0 Å². The molecule has 0 spiro atoms. The van der Waals surface area contributed by atoms with Crippen LogP contribution in [-0.4, -0.2) is 37.1 Å². The van der Waals surface area contributed by atoms with E-state index in [4.69, 9.17) is 9.47 Å². The van der Waals surface area contributed by atoms with E-state index in [9.17, 15) is 9.59 Å². The van der Waals surface area contributed by atoms with E-state index in [-0.39, 0.29) is 30.5 Å². The molecule has 0 bridgehead atoms. The van der Waals surface area contributed by atoms with Gasteiger partial charge >= 0.3 is 0 Å². The molecule has 6 heteroatoms. The minimum Gasteiger partial charge on any atom is -0.493 e. The zero-order valence-electron chi connectivity index (χ0n) is 15.2. The highest BCUT2D eigenvalue weighted by Crippen LogP contribution is 2.35. The number of hydrogen-bond donors (Lipinski definition) is 2. The lowest BCUT2D eigenvalue weighted by molar-refractivity contribution is -0.124. The molecule has 1 atom stereocenters. The van der Waals surface area contributed by atoms with Crippen molar-refractivity contribution in [2.24, 2.45) is 0 Å². The van der Waals surface area contributed by atoms with Crippen molar-refractivity contribution in [3.05, 3.63) is 29.3 Å². The highest BCUT2D eigenvalue weighted by Gasteiger charge is 2.21. The molecule has 2 rings (SSSR count). The fourth-order valence-electron chi connectivity index (χ4n) is 2.63. The van der Waals surface area contributed by atoms with Gasteiger partial charge in [-0.2, -0.15) is 0 Å². The van der Waals surface area contributed by atoms with E-state index < -0.39 is 0 Å². The summed E-state index contributed by atoms with van der Waals surface area (Å²) >= 11 is 0. The predicted molar refractivity (Wildman–Crippen MR) is 96.7 cm³/mol. The summed E-state index contributed by atoms with van der Waals surface area (Å²) in [4.78, 5) is 23.5. The molecule has 6 nitrogen and oxygen atoms in total. The summed E-state index contributed by atoms with van der Waals surface area (Å²) in [6, 6.07) is 3.90. The monoisotopic (exact) mass is 346 g/mol. The molecule has 1 aliphatic rings. The summed E-state index contributed by atoms with van der Waals surface area (Å²) in [6.07, 6.45) is 4.06. The van der Waals surface area contributed by atoms with Crippen LogP contribution in [0.25, 0.3) is 6.08 Å². The normalized spacial score (nSPS) is 15.8. The molecule has 1 aromatic carbocycles. The van der Waals surface area contributed by atoms with Crippen molar-refractivity contribution in [2.75, 3.05) is 13.2 Å². The molecule has 1 aliphatic heterocycles. The quantitative estimate of drug-likeness (QED) is 0.741. The maximum atomic E-state index is 11.9. The molecular weight excluding hydrogens is 320 g/mol. The summed E-state index contributed by atoms with van der Waals surface area (Å²) in [7, 11) is 0. The summed E-state index contributed by atoms with van der Waals surface area (Å²) in [5.74, 6) is 0.996. The Balaban J connectivity index is 2.03. The van der Waals surface area contributed by atoms with Crippen molar-refractivity contribution in [1.82, 2.24) is 10.6 Å². The van der Waals surface area contributed by atoms with Crippen LogP contribution in [0.1, 0.15) is 38.8 Å². The van der Waals surface area contributed by atoms with E-state index in [1.54, 1.807) is 6.08 Å². The summed E-state index contributed by atoms with van der Waals surface area (Å²) in [5.41, 5.74) is 1.89. The average Bonchev–Trinajstić information content (AvgIpc) is 2.89. The first kappa shape index (κ1) is 18.8. The molecule has 0 aromatic heterocycles. The Morgan fingerprint density at radius 2 is 2.16 bits per heavy atom. The van der Waals surface area contributed by atoms with E-state index in [0.717, 1.165) is 29.0 Å². The molecule has 1 aromatic rings. The highest BCUT2D eigenvalue weighted by molar-refractivity contribution is 5.94. The maximum Gasteiger partial charge on any atom is 0.244 e. The van der Waals surface area contributed by atoms with Gasteiger partial charge in [-0.05, 0) is 45.9 Å². The molecule has 1 heterocycles. The first-order valence-corrected chi connectivity index (χ1v) is 8.60. The van der Waals surface area contributed by atoms with Gasteiger partial charge in [0.2, 0.25) is 11.8 Å². The molecule has 1 unspecified atom stereocenters. The number of benzene rings is 1. The van der Waals surface area contributed by atoms with Crippen molar-refractivity contribution < 1.29 is 19.1 Å². The van der Waals surface area contributed by atoms with E-state index in [1.165, 1.54) is 6.08 Å². The number of hydrogen-bond acceptors (Lipinski definition) is 4. The van der Waals surface area contributed by atoms with Crippen LogP contribution in [0.3, 0.4) is 0 Å². The Kier molecular flexibility index (Phi) is 6.44. The third-order valence-electron chi connectivity index (χ3n) is 3.62. The number of nitrogens with one attached hydrogen (secondary N) is 2. The third kappa shape index (κ3) is 5.52. The topological polar surface area (TPSA) is 76.7 Å². The first-order valence-electron chi connectivity index (χ1n) is 8.60. The molecular formula is C19H26N2O4. The number of carbonyl (C=O) groups excluding carboxylic acids is 2. The molecule has 25 heavy (non-hydrogen) atoms. The minimum absolute atomic E-state index is 0.0440. The first-order chi connectivity index (χ1) is 11.9. The largest absolute Gasteiger partial charge is 0.493 e. The second-order valence-corrected chi connectivity index (χ2v) is 6.34. The van der Waals surface area contributed by atoms with Gasteiger partial charge in [-0.25, -0.2) is 0 Å². The SMILES string of the molecule is CCOc1cc2c(cc1/C=C/C(=O)NCC(=O)NC(C)C)OC(C)C2. The van der Waals surface area contributed by atoms with Crippen molar-refractivity contribution in [1.29, 1.82) is 0 Å². The molecule has 2 amide bonds. The zero-order chi connectivity index (χ0) is 18.4. The number of fused-ring (bicyclic) bond motifs is 1. The van der Waals surface area contributed by atoms with Crippen LogP contribution in [0.5, 0.6) is 11.5 Å². The van der Waals surface area contributed by atoms with Crippen LogP contribution in [-0.2, 0) is 16.0 Å². The van der Waals surface area contributed by atoms with Crippen molar-refractivity contribution >= 4 is 17.9 Å². The summed E-state index contributed by atoms with van der Waals surface area (Å²) < 4.78 is 11.4. The Bertz CT molecular complexity index is 668. The molecule has 2 N–H and O–H groups in total. The standard InChI is InChI=1S/C19H26N2O4/c1-5-24-16-10-15-8-13(4)25-17(15)9-14(16)6-7-18(22)20-11-19(23)21-12(2)3/h6-7,9-10,12-13H,5,8,11H2,1-4H3,(H,20,22)(H,21,23)/b7-6+. The third-order valence-corrected chi connectivity index (χ3v) is 3.62. The molecule has 0 saturated carbocycles. The van der Waals surface area contributed by atoms with Crippen LogP contribution in [0.15, 0.2) is 18.2 Å². The average molecular weight is 346 g/mol. The number of rotatable bonds is 7. The molecule has 0 fully saturated rings. The highest BCUT2D eigenvalue weighted by atomic mass is 16.5. The van der Waals surface area contributed by atoms with E-state index in [1.807, 2.05) is 39.8 Å². The summed E-state index contributed by atoms with van der Waals surface area (Å²) in [5, 5.41) is 5.27.